The van der Waals surface area contributed by atoms with Gasteiger partial charge in [-0.2, -0.15) is 0 Å². The number of sulfonamides is 1. The molecule has 0 saturated heterocycles. The Kier molecular flexibility index (Phi) is 6.67. The molecule has 3 rings (SSSR count). The monoisotopic (exact) mass is 464 g/mol. The number of nitrogens with one attached hydrogen (secondary N) is 1. The smallest absolute Gasteiger partial charge is 0.257 e. The summed E-state index contributed by atoms with van der Waals surface area (Å²) < 4.78 is 31.7. The normalized spacial score (nSPS) is 11.4. The van der Waals surface area contributed by atoms with E-state index in [-0.39, 0.29) is 15.5 Å². The van der Waals surface area contributed by atoms with Gasteiger partial charge in [-0.25, -0.2) is 12.7 Å². The summed E-state index contributed by atoms with van der Waals surface area (Å²) in [5, 5.41) is 3.19. The van der Waals surface area contributed by atoms with Crippen molar-refractivity contribution in [2.75, 3.05) is 19.4 Å². The van der Waals surface area contributed by atoms with E-state index in [1.165, 1.54) is 38.4 Å². The fourth-order valence-electron chi connectivity index (χ4n) is 2.54. The predicted molar refractivity (Wildman–Crippen MR) is 118 cm³/mol. The van der Waals surface area contributed by atoms with Crippen LogP contribution in [0.2, 0.25) is 10.0 Å². The molecule has 0 heterocycles. The molecule has 0 aliphatic rings. The van der Waals surface area contributed by atoms with Gasteiger partial charge in [0.25, 0.3) is 5.91 Å². The van der Waals surface area contributed by atoms with Crippen LogP contribution in [0.5, 0.6) is 11.5 Å². The predicted octanol–water partition coefficient (Wildman–Crippen LogP) is 5.29. The molecule has 1 amide bonds. The first-order valence-electron chi connectivity index (χ1n) is 8.74. The lowest BCUT2D eigenvalue weighted by Gasteiger charge is -2.15. The first kappa shape index (κ1) is 22.1. The lowest BCUT2D eigenvalue weighted by Crippen LogP contribution is -2.23. The van der Waals surface area contributed by atoms with Crippen molar-refractivity contribution in [3.8, 4) is 11.5 Å². The molecule has 0 fully saturated rings. The number of rotatable bonds is 6. The fourth-order valence-corrected chi connectivity index (χ4v) is 3.85. The van der Waals surface area contributed by atoms with Crippen molar-refractivity contribution in [1.82, 2.24) is 4.31 Å². The van der Waals surface area contributed by atoms with Crippen LogP contribution in [0.1, 0.15) is 10.4 Å². The van der Waals surface area contributed by atoms with Crippen LogP contribution >= 0.6 is 23.2 Å². The number of nitrogens with zero attached hydrogens (tertiary/aromatic N) is 1. The summed E-state index contributed by atoms with van der Waals surface area (Å²) in [6, 6.07) is 17.8. The zero-order valence-corrected chi connectivity index (χ0v) is 18.4. The summed E-state index contributed by atoms with van der Waals surface area (Å²) in [6.07, 6.45) is 0. The summed E-state index contributed by atoms with van der Waals surface area (Å²) >= 11 is 12.2. The van der Waals surface area contributed by atoms with E-state index in [1.807, 2.05) is 18.2 Å². The van der Waals surface area contributed by atoms with Crippen LogP contribution in [-0.2, 0) is 10.0 Å². The Hall–Kier alpha value is -2.58. The van der Waals surface area contributed by atoms with Crippen LogP contribution in [-0.4, -0.2) is 32.7 Å². The van der Waals surface area contributed by atoms with Crippen LogP contribution in [0, 0.1) is 0 Å². The Bertz CT molecular complexity index is 1180. The first-order valence-corrected chi connectivity index (χ1v) is 10.9. The van der Waals surface area contributed by atoms with E-state index >= 15 is 0 Å². The highest BCUT2D eigenvalue weighted by Crippen LogP contribution is 2.33. The Morgan fingerprint density at radius 2 is 1.67 bits per heavy atom. The molecule has 3 aromatic rings. The molecule has 156 valence electrons. The number of amides is 1. The lowest BCUT2D eigenvalue weighted by molar-refractivity contribution is 0.102. The van der Waals surface area contributed by atoms with Crippen molar-refractivity contribution in [1.29, 1.82) is 0 Å². The fraction of sp³-hybridized carbons (Fsp3) is 0.0952. The number of benzene rings is 3. The van der Waals surface area contributed by atoms with E-state index in [0.29, 0.717) is 22.2 Å². The Balaban J connectivity index is 1.94. The molecule has 0 bridgehead atoms. The SMILES string of the molecule is CN(C)S(=O)(=O)c1ccc(Cl)c(C(=O)Nc2cc(Cl)ccc2Oc2ccccc2)c1. The topological polar surface area (TPSA) is 75.7 Å². The minimum absolute atomic E-state index is 0.00484. The van der Waals surface area contributed by atoms with Gasteiger partial charge in [0.2, 0.25) is 10.0 Å². The van der Waals surface area contributed by atoms with Gasteiger partial charge in [-0.1, -0.05) is 41.4 Å². The average molecular weight is 465 g/mol. The van der Waals surface area contributed by atoms with Crippen molar-refractivity contribution in [3.63, 3.8) is 0 Å². The second-order valence-electron chi connectivity index (χ2n) is 6.44. The van der Waals surface area contributed by atoms with Crippen LogP contribution in [0.3, 0.4) is 0 Å². The van der Waals surface area contributed by atoms with E-state index < -0.39 is 15.9 Å². The Morgan fingerprint density at radius 3 is 2.33 bits per heavy atom. The maximum Gasteiger partial charge on any atom is 0.257 e. The van der Waals surface area contributed by atoms with Gasteiger partial charge in [0.15, 0.2) is 5.75 Å². The second kappa shape index (κ2) is 9.06. The molecule has 0 aliphatic heterocycles. The molecular weight excluding hydrogens is 447 g/mol. The zero-order chi connectivity index (χ0) is 21.9. The van der Waals surface area contributed by atoms with Crippen molar-refractivity contribution in [3.05, 3.63) is 82.3 Å². The number of ether oxygens (including phenoxy) is 1. The molecule has 0 spiro atoms. The Labute approximate surface area is 185 Å². The highest BCUT2D eigenvalue weighted by Gasteiger charge is 2.21. The van der Waals surface area contributed by atoms with Crippen molar-refractivity contribution >= 4 is 44.8 Å². The van der Waals surface area contributed by atoms with E-state index in [9.17, 15) is 13.2 Å². The molecule has 9 heteroatoms. The molecule has 30 heavy (non-hydrogen) atoms. The third-order valence-electron chi connectivity index (χ3n) is 4.12. The Morgan fingerprint density at radius 1 is 0.967 bits per heavy atom. The van der Waals surface area contributed by atoms with Gasteiger partial charge in [-0.05, 0) is 48.5 Å². The molecule has 0 unspecified atom stereocenters. The van der Waals surface area contributed by atoms with Crippen LogP contribution < -0.4 is 10.1 Å². The van der Waals surface area contributed by atoms with Gasteiger partial charge in [-0.3, -0.25) is 4.79 Å². The zero-order valence-electron chi connectivity index (χ0n) is 16.1. The van der Waals surface area contributed by atoms with Gasteiger partial charge >= 0.3 is 0 Å². The maximum absolute atomic E-state index is 12.9. The number of para-hydroxylation sites is 1. The molecule has 0 radical (unpaired) electrons. The standard InChI is InChI=1S/C21H18Cl2N2O4S/c1-25(2)30(27,28)16-9-10-18(23)17(13-16)21(26)24-19-12-14(22)8-11-20(19)29-15-6-4-3-5-7-15/h3-13H,1-2H3,(H,24,26). The maximum atomic E-state index is 12.9. The highest BCUT2D eigenvalue weighted by atomic mass is 35.5. The number of halogens is 2. The number of hydrogen-bond donors (Lipinski definition) is 1. The van der Waals surface area contributed by atoms with E-state index in [0.717, 1.165) is 4.31 Å². The molecule has 0 aliphatic carbocycles. The largest absolute Gasteiger partial charge is 0.455 e. The van der Waals surface area contributed by atoms with Gasteiger partial charge in [0.05, 0.1) is 21.2 Å². The summed E-state index contributed by atoms with van der Waals surface area (Å²) in [6.45, 7) is 0. The average Bonchev–Trinajstić information content (AvgIpc) is 2.70. The molecule has 1 N–H and O–H groups in total. The van der Waals surface area contributed by atoms with Crippen LogP contribution in [0.4, 0.5) is 5.69 Å². The highest BCUT2D eigenvalue weighted by molar-refractivity contribution is 7.89. The summed E-state index contributed by atoms with van der Waals surface area (Å²) in [5.41, 5.74) is 0.318. The minimum Gasteiger partial charge on any atom is -0.455 e. The van der Waals surface area contributed by atoms with E-state index in [1.54, 1.807) is 24.3 Å². The number of carbonyl (C=O) groups excluding carboxylic acids is 1. The van der Waals surface area contributed by atoms with Crippen molar-refractivity contribution in [2.45, 2.75) is 4.90 Å². The molecule has 0 aromatic heterocycles. The van der Waals surface area contributed by atoms with Crippen LogP contribution in [0.15, 0.2) is 71.6 Å². The number of carbonyl (C=O) groups is 1. The van der Waals surface area contributed by atoms with Crippen molar-refractivity contribution < 1.29 is 17.9 Å². The molecule has 6 nitrogen and oxygen atoms in total. The van der Waals surface area contributed by atoms with Gasteiger partial charge in [0.1, 0.15) is 5.75 Å². The number of hydrogen-bond acceptors (Lipinski definition) is 4. The first-order chi connectivity index (χ1) is 14.2. The van der Waals surface area contributed by atoms with E-state index in [2.05, 4.69) is 5.32 Å². The third kappa shape index (κ3) is 4.94. The second-order valence-corrected chi connectivity index (χ2v) is 9.43. The van der Waals surface area contributed by atoms with Gasteiger partial charge in [0, 0.05) is 19.1 Å². The minimum atomic E-state index is -3.73. The lowest BCUT2D eigenvalue weighted by atomic mass is 10.2. The van der Waals surface area contributed by atoms with Crippen LogP contribution in [0.25, 0.3) is 0 Å². The van der Waals surface area contributed by atoms with E-state index in [4.69, 9.17) is 27.9 Å². The quantitative estimate of drug-likeness (QED) is 0.537. The molecular formula is C21H18Cl2N2O4S. The summed E-state index contributed by atoms with van der Waals surface area (Å²) in [4.78, 5) is 12.8. The third-order valence-corrected chi connectivity index (χ3v) is 6.50. The number of anilines is 1. The van der Waals surface area contributed by atoms with Crippen molar-refractivity contribution in [2.24, 2.45) is 0 Å². The van der Waals surface area contributed by atoms with Gasteiger partial charge in [-0.15, -0.1) is 0 Å². The summed E-state index contributed by atoms with van der Waals surface area (Å²) in [7, 11) is -0.918. The molecule has 3 aromatic carbocycles. The molecule has 0 atom stereocenters. The summed E-state index contributed by atoms with van der Waals surface area (Å²) in [5.74, 6) is 0.343. The molecule has 0 saturated carbocycles. The van der Waals surface area contributed by atoms with Gasteiger partial charge < -0.3 is 10.1 Å².